The molecule has 0 atom stereocenters. The van der Waals surface area contributed by atoms with Gasteiger partial charge in [-0.1, -0.05) is 0 Å². The van der Waals surface area contributed by atoms with Gasteiger partial charge in [-0.3, -0.25) is 4.79 Å². The van der Waals surface area contributed by atoms with Crippen molar-refractivity contribution >= 4 is 32.8 Å². The molecule has 1 aromatic carbocycles. The lowest BCUT2D eigenvalue weighted by Crippen LogP contribution is -2.37. The number of imidazole rings is 1. The second kappa shape index (κ2) is 10.0. The Morgan fingerprint density at radius 2 is 1.97 bits per heavy atom. The number of nitrogens with zero attached hydrogens (tertiary/aromatic N) is 6. The van der Waals surface area contributed by atoms with E-state index in [-0.39, 0.29) is 23.4 Å². The number of aryl methyl sites for hydroxylation is 1. The predicted molar refractivity (Wildman–Crippen MR) is 130 cm³/mol. The summed E-state index contributed by atoms with van der Waals surface area (Å²) in [5.74, 6) is 0.904. The van der Waals surface area contributed by atoms with Crippen LogP contribution in [-0.2, 0) is 32.7 Å². The van der Waals surface area contributed by atoms with Crippen LogP contribution in [0.2, 0.25) is 0 Å². The van der Waals surface area contributed by atoms with Crippen molar-refractivity contribution in [1.29, 1.82) is 5.26 Å². The first-order valence-electron chi connectivity index (χ1n) is 11.4. The van der Waals surface area contributed by atoms with Crippen LogP contribution < -0.4 is 4.90 Å². The molecule has 1 aliphatic heterocycles. The Morgan fingerprint density at radius 3 is 2.57 bits per heavy atom. The van der Waals surface area contributed by atoms with E-state index in [1.54, 1.807) is 30.5 Å². The minimum atomic E-state index is -3.57. The van der Waals surface area contributed by atoms with Gasteiger partial charge in [-0.15, -0.1) is 0 Å². The number of sulfonamides is 1. The number of carbonyl (C=O) groups is 1. The quantitative estimate of drug-likeness (QED) is 0.458. The summed E-state index contributed by atoms with van der Waals surface area (Å²) in [5.41, 5.74) is 1.85. The topological polar surface area (TPSA) is 121 Å². The van der Waals surface area contributed by atoms with Crippen molar-refractivity contribution in [2.45, 2.75) is 37.8 Å². The highest BCUT2D eigenvalue weighted by molar-refractivity contribution is 7.89. The summed E-state index contributed by atoms with van der Waals surface area (Å²) in [4.78, 5) is 23.9. The Morgan fingerprint density at radius 1 is 1.23 bits per heavy atom. The number of ether oxygens (including phenoxy) is 1. The minimum absolute atomic E-state index is 0.0223. The minimum Gasteiger partial charge on any atom is -0.457 e. The van der Waals surface area contributed by atoms with Crippen LogP contribution in [0.3, 0.4) is 0 Å². The van der Waals surface area contributed by atoms with Gasteiger partial charge in [-0.05, 0) is 50.1 Å². The van der Waals surface area contributed by atoms with Crippen LogP contribution in [0.5, 0.6) is 0 Å². The molecule has 0 saturated carbocycles. The molecule has 4 rings (SSSR count). The Bertz CT molecular complexity index is 1370. The molecule has 10 nitrogen and oxygen atoms in total. The van der Waals surface area contributed by atoms with Gasteiger partial charge < -0.3 is 14.2 Å². The summed E-state index contributed by atoms with van der Waals surface area (Å²) in [6, 6.07) is 10.5. The van der Waals surface area contributed by atoms with Crippen molar-refractivity contribution in [1.82, 2.24) is 18.8 Å². The molecule has 0 bridgehead atoms. The van der Waals surface area contributed by atoms with Crippen molar-refractivity contribution in [3.8, 4) is 6.07 Å². The van der Waals surface area contributed by atoms with Gasteiger partial charge in [0.15, 0.2) is 0 Å². The highest BCUT2D eigenvalue weighted by atomic mass is 32.2. The third-order valence-electron chi connectivity index (χ3n) is 6.27. The molecule has 0 radical (unpaired) electrons. The average molecular weight is 497 g/mol. The molecule has 0 amide bonds. The number of benzene rings is 1. The number of fused-ring (bicyclic) bond motifs is 1. The number of aromatic nitrogens is 3. The van der Waals surface area contributed by atoms with E-state index in [4.69, 9.17) is 10.00 Å². The van der Waals surface area contributed by atoms with Gasteiger partial charge in [0.1, 0.15) is 24.3 Å². The molecule has 0 spiro atoms. The number of piperidine rings is 1. The predicted octanol–water partition coefficient (Wildman–Crippen LogP) is 2.53. The van der Waals surface area contributed by atoms with E-state index in [0.29, 0.717) is 49.4 Å². The van der Waals surface area contributed by atoms with E-state index in [1.807, 2.05) is 17.6 Å². The van der Waals surface area contributed by atoms with E-state index in [0.717, 1.165) is 15.6 Å². The largest absolute Gasteiger partial charge is 0.457 e. The number of rotatable bonds is 7. The lowest BCUT2D eigenvalue weighted by molar-refractivity contribution is -0.150. The second-order valence-electron chi connectivity index (χ2n) is 8.60. The second-order valence-corrected chi connectivity index (χ2v) is 10.7. The summed E-state index contributed by atoms with van der Waals surface area (Å²) in [6.07, 6.45) is 2.85. The molecule has 3 heterocycles. The van der Waals surface area contributed by atoms with E-state index in [9.17, 15) is 13.2 Å². The number of pyridine rings is 1. The van der Waals surface area contributed by atoms with Gasteiger partial charge in [0.25, 0.3) is 0 Å². The Kier molecular flexibility index (Phi) is 7.05. The van der Waals surface area contributed by atoms with E-state index in [1.165, 1.54) is 14.1 Å². The molecular formula is C24H28N6O4S. The first-order chi connectivity index (χ1) is 16.7. The lowest BCUT2D eigenvalue weighted by Gasteiger charge is -2.31. The van der Waals surface area contributed by atoms with Crippen molar-refractivity contribution in [3.05, 3.63) is 47.9 Å². The third kappa shape index (κ3) is 4.99. The van der Waals surface area contributed by atoms with Crippen LogP contribution in [0.25, 0.3) is 11.0 Å². The highest BCUT2D eigenvalue weighted by Gasteiger charge is 2.27. The highest BCUT2D eigenvalue weighted by Crippen LogP contribution is 2.25. The van der Waals surface area contributed by atoms with Gasteiger partial charge in [0.05, 0.1) is 27.4 Å². The lowest BCUT2D eigenvalue weighted by atomic mass is 9.97. The Hall–Kier alpha value is -3.49. The maximum Gasteiger partial charge on any atom is 0.309 e. The van der Waals surface area contributed by atoms with Gasteiger partial charge >= 0.3 is 5.97 Å². The fourth-order valence-electron chi connectivity index (χ4n) is 4.23. The number of hydrogen-bond acceptors (Lipinski definition) is 8. The van der Waals surface area contributed by atoms with Crippen LogP contribution in [0.15, 0.2) is 41.4 Å². The standard InChI is InChI=1S/C24H28N6O4S/c1-4-30-21-7-6-19(35(32,33)28(2)3)13-20(21)27-23(30)16-34-24(31)18-9-11-29(12-10-18)22-8-5-17(14-25)15-26-22/h5-8,13,15,18H,4,9-12,16H2,1-3H3. The first-order valence-corrected chi connectivity index (χ1v) is 12.9. The Labute approximate surface area is 204 Å². The maximum absolute atomic E-state index is 12.8. The molecule has 0 aliphatic carbocycles. The number of anilines is 1. The molecule has 2 aromatic heterocycles. The van der Waals surface area contributed by atoms with Crippen LogP contribution in [0, 0.1) is 17.2 Å². The van der Waals surface area contributed by atoms with Crippen LogP contribution in [0.1, 0.15) is 31.2 Å². The number of nitriles is 1. The summed E-state index contributed by atoms with van der Waals surface area (Å²) in [6.45, 7) is 3.95. The molecule has 1 saturated heterocycles. The molecule has 184 valence electrons. The molecule has 1 fully saturated rings. The molecule has 1 aliphatic rings. The third-order valence-corrected chi connectivity index (χ3v) is 8.08. The van der Waals surface area contributed by atoms with Crippen LogP contribution in [0.4, 0.5) is 5.82 Å². The monoisotopic (exact) mass is 496 g/mol. The summed E-state index contributed by atoms with van der Waals surface area (Å²) in [7, 11) is -0.598. The average Bonchev–Trinajstić information content (AvgIpc) is 3.24. The summed E-state index contributed by atoms with van der Waals surface area (Å²) in [5, 5.41) is 8.92. The summed E-state index contributed by atoms with van der Waals surface area (Å²) < 4.78 is 33.7. The fourth-order valence-corrected chi connectivity index (χ4v) is 5.15. The molecule has 0 unspecified atom stereocenters. The summed E-state index contributed by atoms with van der Waals surface area (Å²) >= 11 is 0. The van der Waals surface area contributed by atoms with Crippen molar-refractivity contribution in [2.24, 2.45) is 5.92 Å². The van der Waals surface area contributed by atoms with E-state index in [2.05, 4.69) is 20.9 Å². The number of hydrogen-bond donors (Lipinski definition) is 0. The SMILES string of the molecule is CCn1c(COC(=O)C2CCN(c3ccc(C#N)cn3)CC2)nc2cc(S(=O)(=O)N(C)C)ccc21. The Balaban J connectivity index is 1.40. The molecule has 0 N–H and O–H groups in total. The molecule has 11 heteroatoms. The van der Waals surface area contributed by atoms with E-state index < -0.39 is 10.0 Å². The molecule has 3 aromatic rings. The van der Waals surface area contributed by atoms with Gasteiger partial charge in [0.2, 0.25) is 10.0 Å². The number of carbonyl (C=O) groups excluding carboxylic acids is 1. The number of esters is 1. The fraction of sp³-hybridized carbons (Fsp3) is 0.417. The maximum atomic E-state index is 12.8. The zero-order valence-corrected chi connectivity index (χ0v) is 20.8. The van der Waals surface area contributed by atoms with Crippen LogP contribution in [-0.4, -0.2) is 60.4 Å². The van der Waals surface area contributed by atoms with Crippen molar-refractivity contribution in [2.75, 3.05) is 32.1 Å². The van der Waals surface area contributed by atoms with Crippen LogP contribution >= 0.6 is 0 Å². The van der Waals surface area contributed by atoms with Crippen molar-refractivity contribution in [3.63, 3.8) is 0 Å². The smallest absolute Gasteiger partial charge is 0.309 e. The zero-order valence-electron chi connectivity index (χ0n) is 20.0. The normalized spacial score (nSPS) is 14.9. The zero-order chi connectivity index (χ0) is 25.2. The van der Waals surface area contributed by atoms with Crippen molar-refractivity contribution < 1.29 is 17.9 Å². The molecule has 35 heavy (non-hydrogen) atoms. The molecular weight excluding hydrogens is 468 g/mol. The van der Waals surface area contributed by atoms with E-state index >= 15 is 0 Å². The van der Waals surface area contributed by atoms with Gasteiger partial charge in [0, 0.05) is 39.9 Å². The van der Waals surface area contributed by atoms with Gasteiger partial charge in [-0.25, -0.2) is 22.7 Å². The first kappa shape index (κ1) is 24.6. The van der Waals surface area contributed by atoms with Gasteiger partial charge in [-0.2, -0.15) is 5.26 Å².